The monoisotopic (exact) mass is 339 g/mol. The molecule has 5 heteroatoms. The summed E-state index contributed by atoms with van der Waals surface area (Å²) in [7, 11) is 0. The maximum Gasteiger partial charge on any atom is 0.137 e. The van der Waals surface area contributed by atoms with Gasteiger partial charge in [-0.1, -0.05) is 25.2 Å². The standard InChI is InChI=1S/C19H21N3OS/c1-3-11-23-15-9-7-14(8-10-15)19-16(12-17(20)24)22-13(2)5-4-6-18(22)21-19/h4-10H,3,11-12H2,1-2H3,(H2,20,24). The predicted octanol–water partition coefficient (Wildman–Crippen LogP) is 3.93. The summed E-state index contributed by atoms with van der Waals surface area (Å²) in [5, 5.41) is 0. The molecule has 0 aliphatic heterocycles. The predicted molar refractivity (Wildman–Crippen MR) is 102 cm³/mol. The number of nitrogens with zero attached hydrogens (tertiary/aromatic N) is 2. The Bertz CT molecular complexity index is 868. The Balaban J connectivity index is 2.08. The van der Waals surface area contributed by atoms with Gasteiger partial charge in [0.05, 0.1) is 23.0 Å². The SMILES string of the molecule is CCCOc1ccc(-c2nc3cccc(C)n3c2CC(N)=S)cc1. The minimum Gasteiger partial charge on any atom is -0.494 e. The van der Waals surface area contributed by atoms with Crippen molar-refractivity contribution in [3.05, 3.63) is 53.9 Å². The van der Waals surface area contributed by atoms with Crippen LogP contribution in [0, 0.1) is 6.92 Å². The lowest BCUT2D eigenvalue weighted by Gasteiger charge is -2.08. The van der Waals surface area contributed by atoms with Crippen LogP contribution in [-0.2, 0) is 6.42 Å². The molecule has 2 heterocycles. The first-order chi connectivity index (χ1) is 11.6. The van der Waals surface area contributed by atoms with Gasteiger partial charge in [-0.3, -0.25) is 0 Å². The molecule has 0 saturated carbocycles. The third-order valence-electron chi connectivity index (χ3n) is 3.88. The molecule has 0 saturated heterocycles. The highest BCUT2D eigenvalue weighted by atomic mass is 32.1. The number of hydrogen-bond acceptors (Lipinski definition) is 3. The molecule has 3 aromatic rings. The Hall–Kier alpha value is -2.40. The number of thiocarbonyl (C=S) groups is 1. The first-order valence-corrected chi connectivity index (χ1v) is 8.49. The van der Waals surface area contributed by atoms with Crippen LogP contribution in [0.15, 0.2) is 42.5 Å². The van der Waals surface area contributed by atoms with E-state index in [-0.39, 0.29) is 0 Å². The van der Waals surface area contributed by atoms with E-state index in [2.05, 4.69) is 24.3 Å². The van der Waals surface area contributed by atoms with E-state index < -0.39 is 0 Å². The molecule has 0 radical (unpaired) electrons. The molecule has 0 aliphatic rings. The van der Waals surface area contributed by atoms with Crippen LogP contribution >= 0.6 is 12.2 Å². The number of rotatable bonds is 6. The van der Waals surface area contributed by atoms with Gasteiger partial charge in [-0.15, -0.1) is 0 Å². The van der Waals surface area contributed by atoms with Crippen molar-refractivity contribution in [2.75, 3.05) is 6.61 Å². The van der Waals surface area contributed by atoms with Crippen LogP contribution in [-0.4, -0.2) is 21.0 Å². The molecule has 0 amide bonds. The molecular formula is C19H21N3OS. The number of imidazole rings is 1. The second-order valence-corrected chi connectivity index (χ2v) is 6.31. The van der Waals surface area contributed by atoms with Crippen molar-refractivity contribution in [3.8, 4) is 17.0 Å². The summed E-state index contributed by atoms with van der Waals surface area (Å²) in [5.41, 5.74) is 10.8. The van der Waals surface area contributed by atoms with E-state index in [9.17, 15) is 0 Å². The molecular weight excluding hydrogens is 318 g/mol. The Morgan fingerprint density at radius 3 is 2.62 bits per heavy atom. The zero-order chi connectivity index (χ0) is 17.1. The molecule has 0 spiro atoms. The van der Waals surface area contributed by atoms with Crippen molar-refractivity contribution < 1.29 is 4.74 Å². The first-order valence-electron chi connectivity index (χ1n) is 8.08. The largest absolute Gasteiger partial charge is 0.494 e. The van der Waals surface area contributed by atoms with Crippen molar-refractivity contribution in [1.82, 2.24) is 9.38 Å². The fourth-order valence-electron chi connectivity index (χ4n) is 2.81. The average Bonchev–Trinajstić information content (AvgIpc) is 2.92. The van der Waals surface area contributed by atoms with Crippen molar-refractivity contribution in [2.24, 2.45) is 5.73 Å². The molecule has 2 N–H and O–H groups in total. The fourth-order valence-corrected chi connectivity index (χ4v) is 2.95. The highest BCUT2D eigenvalue weighted by molar-refractivity contribution is 7.80. The summed E-state index contributed by atoms with van der Waals surface area (Å²) >= 11 is 5.14. The average molecular weight is 339 g/mol. The molecule has 124 valence electrons. The Labute approximate surface area is 147 Å². The lowest BCUT2D eigenvalue weighted by Crippen LogP contribution is -2.13. The van der Waals surface area contributed by atoms with Crippen LogP contribution in [0.25, 0.3) is 16.9 Å². The quantitative estimate of drug-likeness (QED) is 0.692. The van der Waals surface area contributed by atoms with E-state index in [1.54, 1.807) is 0 Å². The van der Waals surface area contributed by atoms with E-state index in [0.717, 1.165) is 47.1 Å². The molecule has 1 aromatic carbocycles. The number of ether oxygens (including phenoxy) is 1. The van der Waals surface area contributed by atoms with Crippen molar-refractivity contribution >= 4 is 22.9 Å². The molecule has 0 fully saturated rings. The zero-order valence-electron chi connectivity index (χ0n) is 14.0. The minimum absolute atomic E-state index is 0.462. The lowest BCUT2D eigenvalue weighted by atomic mass is 10.1. The van der Waals surface area contributed by atoms with Crippen LogP contribution in [0.3, 0.4) is 0 Å². The van der Waals surface area contributed by atoms with Crippen LogP contribution < -0.4 is 10.5 Å². The van der Waals surface area contributed by atoms with E-state index >= 15 is 0 Å². The lowest BCUT2D eigenvalue weighted by molar-refractivity contribution is 0.317. The number of aromatic nitrogens is 2. The highest BCUT2D eigenvalue weighted by Crippen LogP contribution is 2.27. The van der Waals surface area contributed by atoms with Gasteiger partial charge in [0, 0.05) is 17.7 Å². The number of fused-ring (bicyclic) bond motifs is 1. The molecule has 0 atom stereocenters. The summed E-state index contributed by atoms with van der Waals surface area (Å²) in [6.45, 7) is 4.87. The van der Waals surface area contributed by atoms with E-state index in [1.165, 1.54) is 0 Å². The van der Waals surface area contributed by atoms with E-state index in [1.807, 2.05) is 36.4 Å². The van der Waals surface area contributed by atoms with Gasteiger partial charge in [-0.05, 0) is 49.7 Å². The smallest absolute Gasteiger partial charge is 0.137 e. The van der Waals surface area contributed by atoms with Crippen LogP contribution in [0.5, 0.6) is 5.75 Å². The van der Waals surface area contributed by atoms with Crippen LogP contribution in [0.2, 0.25) is 0 Å². The minimum atomic E-state index is 0.462. The summed E-state index contributed by atoms with van der Waals surface area (Å²) in [5.74, 6) is 0.872. The number of nitrogens with two attached hydrogens (primary N) is 1. The second kappa shape index (κ2) is 7.01. The summed E-state index contributed by atoms with van der Waals surface area (Å²) in [6, 6.07) is 14.1. The van der Waals surface area contributed by atoms with Gasteiger partial charge in [0.1, 0.15) is 11.4 Å². The third-order valence-corrected chi connectivity index (χ3v) is 4.02. The van der Waals surface area contributed by atoms with Crippen molar-refractivity contribution in [2.45, 2.75) is 26.7 Å². The summed E-state index contributed by atoms with van der Waals surface area (Å²) in [6.07, 6.45) is 1.51. The molecule has 0 unspecified atom stereocenters. The molecule has 4 nitrogen and oxygen atoms in total. The Morgan fingerprint density at radius 2 is 1.96 bits per heavy atom. The number of aryl methyl sites for hydroxylation is 1. The number of hydrogen-bond donors (Lipinski definition) is 1. The van der Waals surface area contributed by atoms with Gasteiger partial charge in [0.25, 0.3) is 0 Å². The zero-order valence-corrected chi connectivity index (χ0v) is 14.8. The number of pyridine rings is 1. The number of benzene rings is 1. The van der Waals surface area contributed by atoms with Crippen molar-refractivity contribution in [3.63, 3.8) is 0 Å². The van der Waals surface area contributed by atoms with Gasteiger partial charge in [0.15, 0.2) is 0 Å². The molecule has 3 rings (SSSR count). The van der Waals surface area contributed by atoms with E-state index in [0.29, 0.717) is 11.4 Å². The molecule has 0 bridgehead atoms. The van der Waals surface area contributed by atoms with Gasteiger partial charge < -0.3 is 14.9 Å². The Morgan fingerprint density at radius 1 is 1.21 bits per heavy atom. The van der Waals surface area contributed by atoms with Gasteiger partial charge >= 0.3 is 0 Å². The second-order valence-electron chi connectivity index (χ2n) is 5.78. The van der Waals surface area contributed by atoms with Gasteiger partial charge in [-0.25, -0.2) is 4.98 Å². The maximum atomic E-state index is 5.82. The maximum absolute atomic E-state index is 5.82. The molecule has 24 heavy (non-hydrogen) atoms. The third kappa shape index (κ3) is 3.26. The normalized spacial score (nSPS) is 10.9. The summed E-state index contributed by atoms with van der Waals surface area (Å²) < 4.78 is 7.77. The van der Waals surface area contributed by atoms with Crippen LogP contribution in [0.4, 0.5) is 0 Å². The van der Waals surface area contributed by atoms with Gasteiger partial charge in [-0.2, -0.15) is 0 Å². The highest BCUT2D eigenvalue weighted by Gasteiger charge is 2.16. The summed E-state index contributed by atoms with van der Waals surface area (Å²) in [4.78, 5) is 5.26. The van der Waals surface area contributed by atoms with Gasteiger partial charge in [0.2, 0.25) is 0 Å². The van der Waals surface area contributed by atoms with Crippen LogP contribution in [0.1, 0.15) is 24.7 Å². The molecule has 2 aromatic heterocycles. The first kappa shape index (κ1) is 16.5. The topological polar surface area (TPSA) is 52.5 Å². The molecule has 0 aliphatic carbocycles. The van der Waals surface area contributed by atoms with Crippen molar-refractivity contribution in [1.29, 1.82) is 0 Å². The Kier molecular flexibility index (Phi) is 4.81. The van der Waals surface area contributed by atoms with E-state index in [4.69, 9.17) is 27.7 Å². The fraction of sp³-hybridized carbons (Fsp3) is 0.263.